The molecule has 2 amide bonds. The van der Waals surface area contributed by atoms with Gasteiger partial charge in [0, 0.05) is 31.7 Å². The molecule has 4 rings (SSSR count). The van der Waals surface area contributed by atoms with Crippen LogP contribution < -0.4 is 10.5 Å². The topological polar surface area (TPSA) is 92.9 Å². The van der Waals surface area contributed by atoms with Crippen molar-refractivity contribution in [2.75, 3.05) is 26.2 Å². The van der Waals surface area contributed by atoms with Crippen LogP contribution in [0.15, 0.2) is 71.6 Å². The molecular weight excluding hydrogens is 476 g/mol. The highest BCUT2D eigenvalue weighted by molar-refractivity contribution is 7.82. The van der Waals surface area contributed by atoms with E-state index in [0.29, 0.717) is 37.3 Å². The van der Waals surface area contributed by atoms with Gasteiger partial charge in [-0.1, -0.05) is 30.3 Å². The number of amides is 2. The van der Waals surface area contributed by atoms with E-state index in [4.69, 9.17) is 10.5 Å². The highest BCUT2D eigenvalue weighted by Crippen LogP contribution is 2.23. The predicted molar refractivity (Wildman–Crippen MR) is 126 cm³/mol. The second kappa shape index (κ2) is 10.7. The van der Waals surface area contributed by atoms with Gasteiger partial charge in [-0.15, -0.1) is 0 Å². The molecule has 1 saturated heterocycles. The Bertz CT molecular complexity index is 1280. The van der Waals surface area contributed by atoms with Gasteiger partial charge in [-0.25, -0.2) is 17.3 Å². The lowest BCUT2D eigenvalue weighted by atomic mass is 10.1. The van der Waals surface area contributed by atoms with E-state index in [9.17, 15) is 22.6 Å². The fraction of sp³-hybridized carbons (Fsp3) is 0.200. The Hall–Kier alpha value is -3.63. The van der Waals surface area contributed by atoms with E-state index in [-0.39, 0.29) is 28.7 Å². The van der Waals surface area contributed by atoms with Crippen molar-refractivity contribution in [1.82, 2.24) is 9.21 Å². The Kier molecular flexibility index (Phi) is 7.52. The molecule has 1 heterocycles. The molecule has 1 aliphatic rings. The van der Waals surface area contributed by atoms with Crippen molar-refractivity contribution < 1.29 is 27.3 Å². The van der Waals surface area contributed by atoms with E-state index in [1.54, 1.807) is 45.6 Å². The third-order valence-corrected chi connectivity index (χ3v) is 7.12. The predicted octanol–water partition coefficient (Wildman–Crippen LogP) is 3.12. The molecule has 0 aromatic heterocycles. The van der Waals surface area contributed by atoms with Crippen LogP contribution >= 0.6 is 0 Å². The second-order valence-electron chi connectivity index (χ2n) is 7.87. The molecule has 0 bridgehead atoms. The van der Waals surface area contributed by atoms with Crippen molar-refractivity contribution in [3.63, 3.8) is 0 Å². The minimum atomic E-state index is -1.64. The van der Waals surface area contributed by atoms with E-state index < -0.39 is 28.5 Å². The van der Waals surface area contributed by atoms with Crippen LogP contribution in [0.1, 0.15) is 26.3 Å². The summed E-state index contributed by atoms with van der Waals surface area (Å²) in [5.74, 6) is -2.41. The second-order valence-corrected chi connectivity index (χ2v) is 9.32. The first-order chi connectivity index (χ1) is 16.8. The molecule has 7 nitrogen and oxygen atoms in total. The van der Waals surface area contributed by atoms with Crippen molar-refractivity contribution in [3.8, 4) is 5.75 Å². The van der Waals surface area contributed by atoms with Crippen molar-refractivity contribution in [1.29, 1.82) is 0 Å². The van der Waals surface area contributed by atoms with E-state index in [0.717, 1.165) is 6.07 Å². The summed E-state index contributed by atoms with van der Waals surface area (Å²) in [7, 11) is -1.64. The van der Waals surface area contributed by atoms with Gasteiger partial charge in [0.05, 0.1) is 4.90 Å². The summed E-state index contributed by atoms with van der Waals surface area (Å²) >= 11 is 0. The average molecular weight is 500 g/mol. The highest BCUT2D eigenvalue weighted by Gasteiger charge is 2.27. The molecule has 0 saturated carbocycles. The number of halogens is 2. The SMILES string of the molecule is NC(=O)c1c(F)cccc1OCc1cccc(C(=O)N2CCN(S(=O)c3ccccc3F)CC2)c1. The van der Waals surface area contributed by atoms with Gasteiger partial charge in [-0.3, -0.25) is 9.59 Å². The minimum absolute atomic E-state index is 0.000251. The molecule has 1 unspecified atom stereocenters. The zero-order chi connectivity index (χ0) is 24.9. The summed E-state index contributed by atoms with van der Waals surface area (Å²) in [5, 5.41) is 0. The van der Waals surface area contributed by atoms with Crippen molar-refractivity contribution >= 4 is 22.8 Å². The normalized spacial score (nSPS) is 15.0. The van der Waals surface area contributed by atoms with Crippen LogP contribution in [-0.2, 0) is 17.6 Å². The van der Waals surface area contributed by atoms with Crippen LogP contribution in [0, 0.1) is 11.6 Å². The molecule has 0 aliphatic carbocycles. The van der Waals surface area contributed by atoms with Gasteiger partial charge in [-0.05, 0) is 42.0 Å². The number of hydrogen-bond acceptors (Lipinski definition) is 4. The zero-order valence-electron chi connectivity index (χ0n) is 18.7. The van der Waals surface area contributed by atoms with Crippen LogP contribution in [0.4, 0.5) is 8.78 Å². The van der Waals surface area contributed by atoms with Gasteiger partial charge >= 0.3 is 0 Å². The monoisotopic (exact) mass is 499 g/mol. The summed E-state index contributed by atoms with van der Waals surface area (Å²) in [5.41, 5.74) is 6.00. The maximum absolute atomic E-state index is 14.0. The number of benzene rings is 3. The molecule has 0 radical (unpaired) electrons. The summed E-state index contributed by atoms with van der Waals surface area (Å²) in [6.07, 6.45) is 0. The Balaban J connectivity index is 1.38. The minimum Gasteiger partial charge on any atom is -0.488 e. The number of piperazine rings is 1. The van der Waals surface area contributed by atoms with Crippen LogP contribution in [-0.4, -0.2) is 51.4 Å². The third kappa shape index (κ3) is 5.55. The van der Waals surface area contributed by atoms with Crippen LogP contribution in [0.3, 0.4) is 0 Å². The fourth-order valence-corrected chi connectivity index (χ4v) is 4.99. The van der Waals surface area contributed by atoms with E-state index in [1.165, 1.54) is 24.3 Å². The molecule has 0 spiro atoms. The number of nitrogens with zero attached hydrogens (tertiary/aromatic N) is 2. The quantitative estimate of drug-likeness (QED) is 0.541. The first-order valence-corrected chi connectivity index (χ1v) is 12.0. The van der Waals surface area contributed by atoms with Gasteiger partial charge in [0.25, 0.3) is 11.8 Å². The standard InChI is InChI=1S/C25H23F2N3O4S/c26-19-7-1-2-10-22(19)35(33)30-13-11-29(12-14-30)25(32)18-6-3-5-17(15-18)16-34-21-9-4-8-20(27)23(21)24(28)31/h1-10,15H,11-14,16H2,(H2,28,31). The maximum atomic E-state index is 14.0. The lowest BCUT2D eigenvalue weighted by Gasteiger charge is -2.33. The van der Waals surface area contributed by atoms with Gasteiger partial charge in [-0.2, -0.15) is 0 Å². The van der Waals surface area contributed by atoms with Gasteiger partial charge in [0.15, 0.2) is 0 Å². The van der Waals surface area contributed by atoms with Crippen LogP contribution in [0.25, 0.3) is 0 Å². The lowest BCUT2D eigenvalue weighted by Crippen LogP contribution is -2.49. The molecule has 35 heavy (non-hydrogen) atoms. The first kappa shape index (κ1) is 24.5. The number of carbonyl (C=O) groups is 2. The lowest BCUT2D eigenvalue weighted by molar-refractivity contribution is 0.0700. The van der Waals surface area contributed by atoms with Crippen LogP contribution in [0.5, 0.6) is 5.75 Å². The molecule has 10 heteroatoms. The molecule has 3 aromatic carbocycles. The van der Waals surface area contributed by atoms with Crippen molar-refractivity contribution in [2.45, 2.75) is 11.5 Å². The molecule has 1 aliphatic heterocycles. The third-order valence-electron chi connectivity index (χ3n) is 5.58. The molecule has 1 fully saturated rings. The van der Waals surface area contributed by atoms with E-state index >= 15 is 0 Å². The largest absolute Gasteiger partial charge is 0.488 e. The van der Waals surface area contributed by atoms with Gasteiger partial charge < -0.3 is 15.4 Å². The number of rotatable bonds is 7. The molecular formula is C25H23F2N3O4S. The highest BCUT2D eigenvalue weighted by atomic mass is 32.2. The Morgan fingerprint density at radius 2 is 1.60 bits per heavy atom. The van der Waals surface area contributed by atoms with Gasteiger partial charge in [0.2, 0.25) is 0 Å². The summed E-state index contributed by atoms with van der Waals surface area (Å²) in [4.78, 5) is 26.3. The Morgan fingerprint density at radius 1 is 0.914 bits per heavy atom. The maximum Gasteiger partial charge on any atom is 0.255 e. The van der Waals surface area contributed by atoms with Crippen LogP contribution in [0.2, 0.25) is 0 Å². The number of primary amides is 1. The van der Waals surface area contributed by atoms with Crippen molar-refractivity contribution in [3.05, 3.63) is 95.1 Å². The number of nitrogens with two attached hydrogens (primary N) is 1. The fourth-order valence-electron chi connectivity index (χ4n) is 3.78. The summed E-state index contributed by atoms with van der Waals surface area (Å²) in [6.45, 7) is 1.35. The first-order valence-electron chi connectivity index (χ1n) is 10.9. The summed E-state index contributed by atoms with van der Waals surface area (Å²) < 4.78 is 47.9. The number of carbonyl (C=O) groups excluding carboxylic acids is 2. The molecule has 182 valence electrons. The number of hydrogen-bond donors (Lipinski definition) is 1. The average Bonchev–Trinajstić information content (AvgIpc) is 2.87. The van der Waals surface area contributed by atoms with E-state index in [1.807, 2.05) is 0 Å². The summed E-state index contributed by atoms with van der Waals surface area (Å²) in [6, 6.07) is 16.7. The zero-order valence-corrected chi connectivity index (χ0v) is 19.5. The molecule has 3 aromatic rings. The Morgan fingerprint density at radius 3 is 2.31 bits per heavy atom. The van der Waals surface area contributed by atoms with E-state index in [2.05, 4.69) is 0 Å². The Labute approximate surface area is 203 Å². The smallest absolute Gasteiger partial charge is 0.255 e. The van der Waals surface area contributed by atoms with Crippen molar-refractivity contribution in [2.24, 2.45) is 5.73 Å². The molecule has 1 atom stereocenters. The number of ether oxygens (including phenoxy) is 1. The molecule has 2 N–H and O–H groups in total. The van der Waals surface area contributed by atoms with Gasteiger partial charge in [0.1, 0.15) is 40.5 Å².